The monoisotopic (exact) mass is 336 g/mol. The quantitative estimate of drug-likeness (QED) is 0.435. The van der Waals surface area contributed by atoms with Crippen LogP contribution in [0.3, 0.4) is 0 Å². The van der Waals surface area contributed by atoms with Crippen LogP contribution >= 0.6 is 0 Å². The first-order chi connectivity index (χ1) is 12.1. The molecule has 0 amide bonds. The first-order valence-corrected chi connectivity index (χ1v) is 8.50. The average Bonchev–Trinajstić information content (AvgIpc) is 2.91. The van der Waals surface area contributed by atoms with Gasteiger partial charge in [0.15, 0.2) is 11.9 Å². The Hall–Kier alpha value is -3.02. The maximum Gasteiger partial charge on any atom is 0.193 e. The third-order valence-electron chi connectivity index (χ3n) is 4.08. The van der Waals surface area contributed by atoms with Gasteiger partial charge in [-0.1, -0.05) is 12.1 Å². The lowest BCUT2D eigenvalue weighted by Crippen LogP contribution is -2.22. The largest absolute Gasteiger partial charge is 0.370 e. The van der Waals surface area contributed by atoms with Crippen LogP contribution in [0.1, 0.15) is 25.0 Å². The fourth-order valence-corrected chi connectivity index (χ4v) is 3.08. The standard InChI is InChI=1S/C19H24N6/c1-3-22-18(20)24-14-5-7-16-12(10-14)9-13-11-15(6-8-17(13)16)25-19(21)23-4-2/h5-8,10-11H,3-4,9H2,1-2H3,(H3,20,22,24)(H3,21,23,25). The van der Waals surface area contributed by atoms with E-state index in [4.69, 9.17) is 11.5 Å². The number of fused-ring (bicyclic) bond motifs is 3. The van der Waals surface area contributed by atoms with Crippen LogP contribution in [0.5, 0.6) is 0 Å². The molecule has 0 bridgehead atoms. The molecule has 0 saturated carbocycles. The molecule has 0 atom stereocenters. The molecule has 130 valence electrons. The number of anilines is 2. The lowest BCUT2D eigenvalue weighted by atomic mass is 10.1. The Kier molecular flexibility index (Phi) is 4.88. The molecule has 0 spiro atoms. The summed E-state index contributed by atoms with van der Waals surface area (Å²) >= 11 is 0. The fourth-order valence-electron chi connectivity index (χ4n) is 3.08. The molecular weight excluding hydrogens is 312 g/mol. The van der Waals surface area contributed by atoms with Gasteiger partial charge in [0, 0.05) is 24.5 Å². The Bertz CT molecular complexity index is 768. The van der Waals surface area contributed by atoms with Crippen LogP contribution in [0, 0.1) is 0 Å². The van der Waals surface area contributed by atoms with Crippen LogP contribution in [-0.4, -0.2) is 25.0 Å². The van der Waals surface area contributed by atoms with Crippen LogP contribution < -0.4 is 22.1 Å². The highest BCUT2D eigenvalue weighted by Crippen LogP contribution is 2.39. The molecular formula is C19H24N6. The summed E-state index contributed by atoms with van der Waals surface area (Å²) in [5, 5.41) is 6.27. The summed E-state index contributed by atoms with van der Waals surface area (Å²) in [4.78, 5) is 8.32. The SMILES string of the molecule is CCN=C(N)Nc1ccc2c(c1)Cc1cc(NC(N)=NCC)ccc1-2. The molecule has 0 aliphatic heterocycles. The van der Waals surface area contributed by atoms with E-state index in [2.05, 4.69) is 44.9 Å². The molecule has 3 rings (SSSR count). The number of nitrogens with zero attached hydrogens (tertiary/aromatic N) is 2. The van der Waals surface area contributed by atoms with E-state index in [0.717, 1.165) is 17.8 Å². The highest BCUT2D eigenvalue weighted by atomic mass is 15.1. The predicted octanol–water partition coefficient (Wildman–Crippen LogP) is 2.75. The maximum atomic E-state index is 5.84. The van der Waals surface area contributed by atoms with Gasteiger partial charge in [-0.05, 0) is 66.8 Å². The second-order valence-electron chi connectivity index (χ2n) is 5.89. The molecule has 2 aromatic rings. The Morgan fingerprint density at radius 3 is 1.68 bits per heavy atom. The number of hydrogen-bond acceptors (Lipinski definition) is 2. The Morgan fingerprint density at radius 1 is 0.840 bits per heavy atom. The van der Waals surface area contributed by atoms with Crippen molar-refractivity contribution in [1.82, 2.24) is 0 Å². The zero-order valence-corrected chi connectivity index (χ0v) is 14.6. The molecule has 1 aliphatic carbocycles. The van der Waals surface area contributed by atoms with Crippen molar-refractivity contribution in [1.29, 1.82) is 0 Å². The molecule has 0 saturated heterocycles. The number of nitrogens with one attached hydrogen (secondary N) is 2. The van der Waals surface area contributed by atoms with Gasteiger partial charge in [-0.15, -0.1) is 0 Å². The minimum atomic E-state index is 0.440. The maximum absolute atomic E-state index is 5.84. The van der Waals surface area contributed by atoms with E-state index in [0.29, 0.717) is 25.0 Å². The highest BCUT2D eigenvalue weighted by Gasteiger charge is 2.19. The number of nitrogens with two attached hydrogens (primary N) is 2. The number of aliphatic imine (C=N–C) groups is 2. The van der Waals surface area contributed by atoms with E-state index in [1.54, 1.807) is 0 Å². The molecule has 6 heteroatoms. The first-order valence-electron chi connectivity index (χ1n) is 8.50. The minimum absolute atomic E-state index is 0.440. The molecule has 1 aliphatic rings. The number of hydrogen-bond donors (Lipinski definition) is 4. The molecule has 0 radical (unpaired) electrons. The summed E-state index contributed by atoms with van der Waals surface area (Å²) in [6, 6.07) is 12.6. The van der Waals surface area contributed by atoms with Crippen molar-refractivity contribution in [3.63, 3.8) is 0 Å². The van der Waals surface area contributed by atoms with Crippen LogP contribution in [0.2, 0.25) is 0 Å². The molecule has 0 unspecified atom stereocenters. The summed E-state index contributed by atoms with van der Waals surface area (Å²) < 4.78 is 0. The van der Waals surface area contributed by atoms with Crippen molar-refractivity contribution in [2.24, 2.45) is 21.5 Å². The van der Waals surface area contributed by atoms with Crippen molar-refractivity contribution >= 4 is 23.3 Å². The van der Waals surface area contributed by atoms with Crippen molar-refractivity contribution in [3.05, 3.63) is 47.5 Å². The van der Waals surface area contributed by atoms with Crippen molar-refractivity contribution in [2.45, 2.75) is 20.3 Å². The summed E-state index contributed by atoms with van der Waals surface area (Å²) in [6.07, 6.45) is 0.880. The van der Waals surface area contributed by atoms with Crippen LogP contribution in [-0.2, 0) is 6.42 Å². The summed E-state index contributed by atoms with van der Waals surface area (Å²) in [5.74, 6) is 0.880. The number of guanidine groups is 2. The second kappa shape index (κ2) is 7.25. The van der Waals surface area contributed by atoms with Gasteiger partial charge in [-0.25, -0.2) is 0 Å². The van der Waals surface area contributed by atoms with Gasteiger partial charge >= 0.3 is 0 Å². The van der Waals surface area contributed by atoms with Crippen molar-refractivity contribution in [2.75, 3.05) is 23.7 Å². The third kappa shape index (κ3) is 3.74. The van der Waals surface area contributed by atoms with E-state index in [1.165, 1.54) is 22.3 Å². The highest BCUT2D eigenvalue weighted by molar-refractivity contribution is 5.94. The van der Waals surface area contributed by atoms with Gasteiger partial charge in [0.1, 0.15) is 0 Å². The summed E-state index contributed by atoms with van der Waals surface area (Å²) in [7, 11) is 0. The average molecular weight is 336 g/mol. The van der Waals surface area contributed by atoms with E-state index in [1.807, 2.05) is 26.0 Å². The fraction of sp³-hybridized carbons (Fsp3) is 0.263. The zero-order chi connectivity index (χ0) is 17.8. The Labute approximate surface area is 148 Å². The van der Waals surface area contributed by atoms with Gasteiger partial charge in [0.25, 0.3) is 0 Å². The second-order valence-corrected chi connectivity index (χ2v) is 5.89. The molecule has 0 fully saturated rings. The number of benzene rings is 2. The lowest BCUT2D eigenvalue weighted by Gasteiger charge is -2.08. The van der Waals surface area contributed by atoms with Crippen molar-refractivity contribution in [3.8, 4) is 11.1 Å². The topological polar surface area (TPSA) is 101 Å². The molecule has 6 nitrogen and oxygen atoms in total. The lowest BCUT2D eigenvalue weighted by molar-refractivity contribution is 1.12. The molecule has 0 aromatic heterocycles. The molecule has 6 N–H and O–H groups in total. The first kappa shape index (κ1) is 16.8. The van der Waals surface area contributed by atoms with Gasteiger partial charge in [-0.3, -0.25) is 9.98 Å². The Morgan fingerprint density at radius 2 is 1.28 bits per heavy atom. The Balaban J connectivity index is 1.82. The van der Waals surface area contributed by atoms with E-state index < -0.39 is 0 Å². The molecule has 0 heterocycles. The van der Waals surface area contributed by atoms with Crippen LogP contribution in [0.4, 0.5) is 11.4 Å². The van der Waals surface area contributed by atoms with Crippen LogP contribution in [0.25, 0.3) is 11.1 Å². The van der Waals surface area contributed by atoms with Gasteiger partial charge < -0.3 is 22.1 Å². The van der Waals surface area contributed by atoms with E-state index in [9.17, 15) is 0 Å². The molecule has 2 aromatic carbocycles. The minimum Gasteiger partial charge on any atom is -0.370 e. The predicted molar refractivity (Wildman–Crippen MR) is 106 cm³/mol. The van der Waals surface area contributed by atoms with E-state index in [-0.39, 0.29) is 0 Å². The van der Waals surface area contributed by atoms with Crippen LogP contribution in [0.15, 0.2) is 46.4 Å². The summed E-state index contributed by atoms with van der Waals surface area (Å²) in [6.45, 7) is 5.24. The normalized spacial score (nSPS) is 13.4. The van der Waals surface area contributed by atoms with E-state index >= 15 is 0 Å². The van der Waals surface area contributed by atoms with Crippen molar-refractivity contribution < 1.29 is 0 Å². The zero-order valence-electron chi connectivity index (χ0n) is 14.6. The third-order valence-corrected chi connectivity index (χ3v) is 4.08. The van der Waals surface area contributed by atoms with Gasteiger partial charge in [-0.2, -0.15) is 0 Å². The van der Waals surface area contributed by atoms with Gasteiger partial charge in [0.2, 0.25) is 0 Å². The molecule has 25 heavy (non-hydrogen) atoms. The smallest absolute Gasteiger partial charge is 0.193 e. The number of rotatable bonds is 4. The van der Waals surface area contributed by atoms with Gasteiger partial charge in [0.05, 0.1) is 0 Å². The summed E-state index contributed by atoms with van der Waals surface area (Å²) in [5.41, 5.74) is 18.7.